The van der Waals surface area contributed by atoms with Crippen molar-refractivity contribution in [1.82, 2.24) is 9.80 Å². The molecule has 1 rings (SSSR count). The van der Waals surface area contributed by atoms with Crippen LogP contribution in [0.4, 0.5) is 0 Å². The summed E-state index contributed by atoms with van der Waals surface area (Å²) in [5.41, 5.74) is 0.522. The predicted molar refractivity (Wildman–Crippen MR) is 58.0 cm³/mol. The van der Waals surface area contributed by atoms with Crippen LogP contribution in [0.1, 0.15) is 27.2 Å². The van der Waals surface area contributed by atoms with Gasteiger partial charge in [-0.15, -0.1) is 0 Å². The molecule has 1 unspecified atom stereocenters. The minimum atomic E-state index is 0.522. The summed E-state index contributed by atoms with van der Waals surface area (Å²) in [6, 6.07) is 0.712. The highest BCUT2D eigenvalue weighted by molar-refractivity contribution is 4.89. The summed E-state index contributed by atoms with van der Waals surface area (Å²) in [6.45, 7) is 10.8. The fourth-order valence-electron chi connectivity index (χ4n) is 2.40. The molecule has 0 radical (unpaired) electrons. The lowest BCUT2D eigenvalue weighted by atomic mass is 9.89. The Bertz CT molecular complexity index is 165. The van der Waals surface area contributed by atoms with Crippen LogP contribution in [0.5, 0.6) is 0 Å². The fourth-order valence-corrected chi connectivity index (χ4v) is 2.40. The van der Waals surface area contributed by atoms with Gasteiger partial charge in [0.1, 0.15) is 0 Å². The second kappa shape index (κ2) is 3.97. The molecule has 0 aliphatic carbocycles. The van der Waals surface area contributed by atoms with Crippen molar-refractivity contribution in [2.75, 3.05) is 33.7 Å². The van der Waals surface area contributed by atoms with Gasteiger partial charge in [0, 0.05) is 19.1 Å². The second-order valence-electron chi connectivity index (χ2n) is 5.36. The van der Waals surface area contributed by atoms with Crippen molar-refractivity contribution < 1.29 is 0 Å². The molecule has 1 aliphatic heterocycles. The van der Waals surface area contributed by atoms with Crippen molar-refractivity contribution in [3.05, 3.63) is 0 Å². The molecule has 2 nitrogen and oxygen atoms in total. The molecule has 2 heteroatoms. The lowest BCUT2D eigenvalue weighted by Gasteiger charge is -2.29. The minimum absolute atomic E-state index is 0.522. The highest BCUT2D eigenvalue weighted by Crippen LogP contribution is 2.31. The summed E-state index contributed by atoms with van der Waals surface area (Å²) in [5, 5.41) is 0. The van der Waals surface area contributed by atoms with E-state index in [1.54, 1.807) is 0 Å². The normalized spacial score (nSPS) is 30.7. The molecule has 0 aromatic heterocycles. The van der Waals surface area contributed by atoms with Gasteiger partial charge >= 0.3 is 0 Å². The summed E-state index contributed by atoms with van der Waals surface area (Å²) < 4.78 is 0. The monoisotopic (exact) mass is 184 g/mol. The zero-order chi connectivity index (χ0) is 10.1. The Morgan fingerprint density at radius 1 is 1.38 bits per heavy atom. The van der Waals surface area contributed by atoms with Gasteiger partial charge in [0.05, 0.1) is 0 Å². The van der Waals surface area contributed by atoms with Crippen molar-refractivity contribution in [3.63, 3.8) is 0 Å². The van der Waals surface area contributed by atoms with Gasteiger partial charge in [0.25, 0.3) is 0 Å². The van der Waals surface area contributed by atoms with Crippen LogP contribution >= 0.6 is 0 Å². The zero-order valence-electron chi connectivity index (χ0n) is 9.80. The summed E-state index contributed by atoms with van der Waals surface area (Å²) in [6.07, 6.45) is 1.35. The maximum Gasteiger partial charge on any atom is 0.00508 e. The van der Waals surface area contributed by atoms with Crippen LogP contribution in [-0.2, 0) is 0 Å². The molecule has 0 aromatic carbocycles. The quantitative estimate of drug-likeness (QED) is 0.658. The molecular formula is C11H24N2. The van der Waals surface area contributed by atoms with Crippen molar-refractivity contribution in [2.24, 2.45) is 5.41 Å². The smallest absolute Gasteiger partial charge is 0.00508 e. The van der Waals surface area contributed by atoms with E-state index in [1.807, 2.05) is 0 Å². The molecule has 0 N–H and O–H groups in total. The Hall–Kier alpha value is -0.0800. The lowest BCUT2D eigenvalue weighted by Crippen LogP contribution is -2.36. The van der Waals surface area contributed by atoms with Crippen LogP contribution in [0.15, 0.2) is 0 Å². The zero-order valence-corrected chi connectivity index (χ0v) is 9.80. The number of hydrogen-bond donors (Lipinski definition) is 0. The van der Waals surface area contributed by atoms with Crippen molar-refractivity contribution in [2.45, 2.75) is 33.2 Å². The predicted octanol–water partition coefficient (Wildman–Crippen LogP) is 1.67. The lowest BCUT2D eigenvalue weighted by molar-refractivity contribution is 0.193. The Labute approximate surface area is 82.9 Å². The summed E-state index contributed by atoms with van der Waals surface area (Å²) in [4.78, 5) is 4.90. The van der Waals surface area contributed by atoms with E-state index < -0.39 is 0 Å². The fraction of sp³-hybridized carbons (Fsp3) is 1.00. The molecule has 0 spiro atoms. The van der Waals surface area contributed by atoms with E-state index in [0.29, 0.717) is 11.5 Å². The first-order valence-electron chi connectivity index (χ1n) is 5.32. The average molecular weight is 184 g/mol. The minimum Gasteiger partial charge on any atom is -0.309 e. The first-order valence-corrected chi connectivity index (χ1v) is 5.32. The Morgan fingerprint density at radius 3 is 2.38 bits per heavy atom. The molecule has 1 heterocycles. The van der Waals surface area contributed by atoms with Crippen LogP contribution in [0, 0.1) is 5.41 Å². The summed E-state index contributed by atoms with van der Waals surface area (Å²) in [5.74, 6) is 0. The van der Waals surface area contributed by atoms with Crippen LogP contribution < -0.4 is 0 Å². The van der Waals surface area contributed by atoms with E-state index in [9.17, 15) is 0 Å². The molecule has 1 aliphatic rings. The molecule has 78 valence electrons. The third-order valence-corrected chi connectivity index (χ3v) is 3.02. The van der Waals surface area contributed by atoms with E-state index in [2.05, 4.69) is 44.7 Å². The maximum absolute atomic E-state index is 2.59. The van der Waals surface area contributed by atoms with Gasteiger partial charge in [0.2, 0.25) is 0 Å². The highest BCUT2D eigenvalue weighted by Gasteiger charge is 2.34. The van der Waals surface area contributed by atoms with Gasteiger partial charge in [-0.2, -0.15) is 0 Å². The van der Waals surface area contributed by atoms with Gasteiger partial charge in [-0.3, -0.25) is 0 Å². The molecule has 0 amide bonds. The first kappa shape index (κ1) is 11.0. The van der Waals surface area contributed by atoms with Gasteiger partial charge in [0.15, 0.2) is 0 Å². The van der Waals surface area contributed by atoms with E-state index in [-0.39, 0.29) is 0 Å². The van der Waals surface area contributed by atoms with Crippen LogP contribution in [-0.4, -0.2) is 49.6 Å². The number of hydrogen-bond acceptors (Lipinski definition) is 2. The van der Waals surface area contributed by atoms with Gasteiger partial charge in [-0.25, -0.2) is 0 Å². The van der Waals surface area contributed by atoms with Crippen LogP contribution in [0.25, 0.3) is 0 Å². The van der Waals surface area contributed by atoms with Gasteiger partial charge in [-0.05, 0) is 46.3 Å². The van der Waals surface area contributed by atoms with Gasteiger partial charge < -0.3 is 9.80 Å². The van der Waals surface area contributed by atoms with Crippen LogP contribution in [0.3, 0.4) is 0 Å². The SMILES string of the molecule is CC(C)N1CCC(C)(CN(C)C)C1. The third-order valence-electron chi connectivity index (χ3n) is 3.02. The summed E-state index contributed by atoms with van der Waals surface area (Å²) in [7, 11) is 4.34. The van der Waals surface area contributed by atoms with Crippen molar-refractivity contribution in [3.8, 4) is 0 Å². The Morgan fingerprint density at radius 2 is 2.00 bits per heavy atom. The molecule has 0 saturated carbocycles. The number of nitrogens with zero attached hydrogens (tertiary/aromatic N) is 2. The van der Waals surface area contributed by atoms with Gasteiger partial charge in [-0.1, -0.05) is 6.92 Å². The van der Waals surface area contributed by atoms with E-state index >= 15 is 0 Å². The molecule has 1 atom stereocenters. The first-order chi connectivity index (χ1) is 5.93. The second-order valence-corrected chi connectivity index (χ2v) is 5.36. The standard InChI is InChI=1S/C11H24N2/c1-10(2)13-7-6-11(3,9-13)8-12(4)5/h10H,6-9H2,1-5H3. The number of likely N-dealkylation sites (tertiary alicyclic amines) is 1. The van der Waals surface area contributed by atoms with E-state index in [1.165, 1.54) is 26.1 Å². The topological polar surface area (TPSA) is 6.48 Å². The van der Waals surface area contributed by atoms with Crippen LogP contribution in [0.2, 0.25) is 0 Å². The van der Waals surface area contributed by atoms with E-state index in [0.717, 1.165) is 0 Å². The molecular weight excluding hydrogens is 160 g/mol. The molecule has 0 aromatic rings. The third kappa shape index (κ3) is 2.96. The van der Waals surface area contributed by atoms with E-state index in [4.69, 9.17) is 0 Å². The molecule has 1 saturated heterocycles. The largest absolute Gasteiger partial charge is 0.309 e. The van der Waals surface area contributed by atoms with Crippen molar-refractivity contribution in [1.29, 1.82) is 0 Å². The molecule has 13 heavy (non-hydrogen) atoms. The van der Waals surface area contributed by atoms with Crippen molar-refractivity contribution >= 4 is 0 Å². The Balaban J connectivity index is 2.46. The average Bonchev–Trinajstić information content (AvgIpc) is 2.29. The molecule has 1 fully saturated rings. The highest BCUT2D eigenvalue weighted by atomic mass is 15.2. The molecule has 0 bridgehead atoms. The Kier molecular flexibility index (Phi) is 3.36. The maximum atomic E-state index is 2.59. The summed E-state index contributed by atoms with van der Waals surface area (Å²) >= 11 is 0. The number of rotatable bonds is 3.